The third-order valence-corrected chi connectivity index (χ3v) is 4.03. The van der Waals surface area contributed by atoms with E-state index < -0.39 is 5.82 Å². The fourth-order valence-electron chi connectivity index (χ4n) is 2.62. The van der Waals surface area contributed by atoms with E-state index in [4.69, 9.17) is 0 Å². The molecule has 0 radical (unpaired) electrons. The van der Waals surface area contributed by atoms with Gasteiger partial charge in [0.25, 0.3) is 5.91 Å². The molecule has 0 heterocycles. The lowest BCUT2D eigenvalue weighted by Crippen LogP contribution is -2.23. The Bertz CT molecular complexity index is 987. The van der Waals surface area contributed by atoms with Crippen LogP contribution in [0.15, 0.2) is 72.8 Å². The monoisotopic (exact) mass is 377 g/mol. The van der Waals surface area contributed by atoms with Crippen molar-refractivity contribution in [3.8, 4) is 0 Å². The summed E-state index contributed by atoms with van der Waals surface area (Å²) in [6, 6.07) is 20.1. The first kappa shape index (κ1) is 19.1. The van der Waals surface area contributed by atoms with Gasteiger partial charge < -0.3 is 16.0 Å². The van der Waals surface area contributed by atoms with Gasteiger partial charge in [-0.15, -0.1) is 0 Å². The number of nitrogens with one attached hydrogen (secondary N) is 3. The first-order chi connectivity index (χ1) is 13.5. The van der Waals surface area contributed by atoms with Crippen LogP contribution in [0.4, 0.5) is 21.5 Å². The minimum absolute atomic E-state index is 0.0641. The fourth-order valence-corrected chi connectivity index (χ4v) is 2.62. The van der Waals surface area contributed by atoms with Gasteiger partial charge in [-0.2, -0.15) is 0 Å². The smallest absolute Gasteiger partial charge is 0.257 e. The Morgan fingerprint density at radius 1 is 0.857 bits per heavy atom. The minimum Gasteiger partial charge on any atom is -0.376 e. The molecule has 0 aliphatic rings. The lowest BCUT2D eigenvalue weighted by molar-refractivity contribution is -0.114. The Balaban J connectivity index is 1.64. The number of carbonyl (C=O) groups excluding carboxylic acids is 2. The van der Waals surface area contributed by atoms with Gasteiger partial charge in [0, 0.05) is 17.1 Å². The Hall–Kier alpha value is -3.67. The van der Waals surface area contributed by atoms with Crippen molar-refractivity contribution >= 4 is 28.9 Å². The van der Waals surface area contributed by atoms with Crippen LogP contribution < -0.4 is 16.0 Å². The van der Waals surface area contributed by atoms with Crippen LogP contribution in [0.1, 0.15) is 15.9 Å². The van der Waals surface area contributed by atoms with Crippen molar-refractivity contribution in [2.24, 2.45) is 0 Å². The van der Waals surface area contributed by atoms with Gasteiger partial charge in [-0.1, -0.05) is 35.9 Å². The lowest BCUT2D eigenvalue weighted by atomic mass is 10.1. The van der Waals surface area contributed by atoms with Crippen molar-refractivity contribution in [2.45, 2.75) is 6.92 Å². The number of para-hydroxylation sites is 1. The summed E-state index contributed by atoms with van der Waals surface area (Å²) in [4.78, 5) is 24.7. The molecule has 0 unspecified atom stereocenters. The fraction of sp³-hybridized carbons (Fsp3) is 0.0909. The quantitative estimate of drug-likeness (QED) is 0.595. The summed E-state index contributed by atoms with van der Waals surface area (Å²) >= 11 is 0. The van der Waals surface area contributed by atoms with E-state index in [1.807, 2.05) is 31.2 Å². The van der Waals surface area contributed by atoms with Gasteiger partial charge in [0.2, 0.25) is 5.91 Å². The van der Waals surface area contributed by atoms with E-state index in [0.717, 1.165) is 5.56 Å². The number of amides is 2. The summed E-state index contributed by atoms with van der Waals surface area (Å²) in [7, 11) is 0. The van der Waals surface area contributed by atoms with Gasteiger partial charge in [0.1, 0.15) is 5.82 Å². The molecule has 142 valence electrons. The van der Waals surface area contributed by atoms with Crippen molar-refractivity contribution < 1.29 is 14.0 Å². The Labute approximate surface area is 162 Å². The van der Waals surface area contributed by atoms with Crippen LogP contribution >= 0.6 is 0 Å². The van der Waals surface area contributed by atoms with E-state index in [-0.39, 0.29) is 18.4 Å². The molecule has 3 rings (SSSR count). The summed E-state index contributed by atoms with van der Waals surface area (Å²) < 4.78 is 13.2. The van der Waals surface area contributed by atoms with Crippen LogP contribution in [0.5, 0.6) is 0 Å². The number of benzene rings is 3. The van der Waals surface area contributed by atoms with Gasteiger partial charge in [0.15, 0.2) is 0 Å². The van der Waals surface area contributed by atoms with Crippen LogP contribution in [-0.2, 0) is 4.79 Å². The summed E-state index contributed by atoms with van der Waals surface area (Å²) in [6.45, 7) is 1.91. The number of aryl methyl sites for hydroxylation is 1. The first-order valence-electron chi connectivity index (χ1n) is 8.77. The second-order valence-electron chi connectivity index (χ2n) is 6.28. The molecule has 0 fully saturated rings. The summed E-state index contributed by atoms with van der Waals surface area (Å²) in [5, 5.41) is 8.40. The zero-order valence-electron chi connectivity index (χ0n) is 15.3. The molecule has 0 aromatic heterocycles. The number of hydrogen-bond donors (Lipinski definition) is 3. The predicted molar refractivity (Wildman–Crippen MR) is 109 cm³/mol. The van der Waals surface area contributed by atoms with E-state index in [0.29, 0.717) is 22.6 Å². The molecule has 28 heavy (non-hydrogen) atoms. The molecular formula is C22H20FN3O2. The van der Waals surface area contributed by atoms with E-state index in [2.05, 4.69) is 16.0 Å². The van der Waals surface area contributed by atoms with Gasteiger partial charge in [-0.05, 0) is 49.4 Å². The zero-order valence-corrected chi connectivity index (χ0v) is 15.3. The number of carbonyl (C=O) groups is 2. The Morgan fingerprint density at radius 3 is 2.36 bits per heavy atom. The average molecular weight is 377 g/mol. The van der Waals surface area contributed by atoms with Crippen LogP contribution in [0.2, 0.25) is 0 Å². The number of rotatable bonds is 6. The zero-order chi connectivity index (χ0) is 19.9. The maximum Gasteiger partial charge on any atom is 0.257 e. The van der Waals surface area contributed by atoms with E-state index in [1.165, 1.54) is 18.2 Å². The molecule has 2 amide bonds. The summed E-state index contributed by atoms with van der Waals surface area (Å²) in [6.07, 6.45) is 0. The molecule has 6 heteroatoms. The van der Waals surface area contributed by atoms with Gasteiger partial charge in [0.05, 0.1) is 12.1 Å². The second kappa shape index (κ2) is 8.81. The molecule has 3 aromatic carbocycles. The third-order valence-electron chi connectivity index (χ3n) is 4.03. The molecule has 3 aromatic rings. The number of hydrogen-bond acceptors (Lipinski definition) is 3. The van der Waals surface area contributed by atoms with Crippen molar-refractivity contribution in [1.29, 1.82) is 0 Å². The predicted octanol–water partition coefficient (Wildman–Crippen LogP) is 4.44. The molecule has 3 N–H and O–H groups in total. The Kier molecular flexibility index (Phi) is 6.01. The maximum atomic E-state index is 13.2. The van der Waals surface area contributed by atoms with Gasteiger partial charge in [-0.3, -0.25) is 9.59 Å². The summed E-state index contributed by atoms with van der Waals surface area (Å²) in [5.74, 6) is -1.05. The highest BCUT2D eigenvalue weighted by atomic mass is 19.1. The molecule has 0 saturated heterocycles. The van der Waals surface area contributed by atoms with Crippen molar-refractivity contribution in [3.63, 3.8) is 0 Å². The van der Waals surface area contributed by atoms with E-state index in [1.54, 1.807) is 30.3 Å². The molecule has 0 bridgehead atoms. The van der Waals surface area contributed by atoms with Crippen LogP contribution in [0.3, 0.4) is 0 Å². The van der Waals surface area contributed by atoms with E-state index in [9.17, 15) is 14.0 Å². The third kappa shape index (κ3) is 5.17. The highest BCUT2D eigenvalue weighted by Gasteiger charge is 2.12. The average Bonchev–Trinajstić information content (AvgIpc) is 2.68. The molecule has 5 nitrogen and oxygen atoms in total. The van der Waals surface area contributed by atoms with Gasteiger partial charge in [-0.25, -0.2) is 4.39 Å². The standard InChI is InChI=1S/C22H20FN3O2/c1-15-9-11-17(12-10-15)26-22(28)19-7-2-3-8-20(19)24-14-21(27)25-18-6-4-5-16(23)13-18/h2-13,24H,14H2,1H3,(H,25,27)(H,26,28). The van der Waals surface area contributed by atoms with E-state index >= 15 is 0 Å². The second-order valence-corrected chi connectivity index (χ2v) is 6.28. The number of anilines is 3. The Morgan fingerprint density at radius 2 is 1.61 bits per heavy atom. The molecule has 0 saturated carbocycles. The van der Waals surface area contributed by atoms with Crippen LogP contribution in [-0.4, -0.2) is 18.4 Å². The normalized spacial score (nSPS) is 10.2. The molecule has 0 aliphatic heterocycles. The van der Waals surface area contributed by atoms with Crippen molar-refractivity contribution in [3.05, 3.63) is 89.7 Å². The highest BCUT2D eigenvalue weighted by molar-refractivity contribution is 6.08. The minimum atomic E-state index is -0.427. The van der Waals surface area contributed by atoms with Crippen LogP contribution in [0.25, 0.3) is 0 Å². The molecule has 0 spiro atoms. The number of halogens is 1. The summed E-state index contributed by atoms with van der Waals surface area (Å²) in [5.41, 5.74) is 3.11. The van der Waals surface area contributed by atoms with Crippen molar-refractivity contribution in [2.75, 3.05) is 22.5 Å². The maximum absolute atomic E-state index is 13.2. The van der Waals surface area contributed by atoms with Crippen molar-refractivity contribution in [1.82, 2.24) is 0 Å². The lowest BCUT2D eigenvalue weighted by Gasteiger charge is -2.12. The SMILES string of the molecule is Cc1ccc(NC(=O)c2ccccc2NCC(=O)Nc2cccc(F)c2)cc1. The molecular weight excluding hydrogens is 357 g/mol. The van der Waals surface area contributed by atoms with Crippen LogP contribution in [0, 0.1) is 12.7 Å². The first-order valence-corrected chi connectivity index (χ1v) is 8.77. The highest BCUT2D eigenvalue weighted by Crippen LogP contribution is 2.18. The van der Waals surface area contributed by atoms with Gasteiger partial charge >= 0.3 is 0 Å². The molecule has 0 atom stereocenters. The topological polar surface area (TPSA) is 70.2 Å². The largest absolute Gasteiger partial charge is 0.376 e. The molecule has 0 aliphatic carbocycles.